The van der Waals surface area contributed by atoms with Crippen LogP contribution in [0, 0.1) is 5.82 Å². The lowest BCUT2D eigenvalue weighted by molar-refractivity contribution is -0.141. The highest BCUT2D eigenvalue weighted by Crippen LogP contribution is 2.41. The normalized spacial score (nSPS) is 22.5. The van der Waals surface area contributed by atoms with Crippen LogP contribution in [0.25, 0.3) is 5.57 Å². The first-order chi connectivity index (χ1) is 16.0. The van der Waals surface area contributed by atoms with Crippen molar-refractivity contribution in [3.8, 4) is 5.88 Å². The lowest BCUT2D eigenvalue weighted by atomic mass is 9.95. The number of nitrogens with zero attached hydrogens (tertiary/aromatic N) is 3. The molecular weight excluding hydrogens is 437 g/mol. The molecule has 0 aliphatic carbocycles. The molecule has 4 heterocycles. The Balaban J connectivity index is 1.33. The van der Waals surface area contributed by atoms with Gasteiger partial charge in [-0.2, -0.15) is 0 Å². The first-order valence-corrected chi connectivity index (χ1v) is 10.6. The summed E-state index contributed by atoms with van der Waals surface area (Å²) in [5, 5.41) is 22.2. The van der Waals surface area contributed by atoms with Crippen molar-refractivity contribution in [2.75, 3.05) is 31.2 Å². The number of aliphatic hydroxyl groups excluding tert-OH is 2. The van der Waals surface area contributed by atoms with Gasteiger partial charge in [-0.15, -0.1) is 0 Å². The zero-order chi connectivity index (χ0) is 23.1. The topological polar surface area (TPSA) is 126 Å². The minimum absolute atomic E-state index is 0.0947. The molecule has 1 fully saturated rings. The third kappa shape index (κ3) is 3.83. The van der Waals surface area contributed by atoms with Crippen LogP contribution in [0.4, 0.5) is 14.9 Å². The van der Waals surface area contributed by atoms with E-state index in [2.05, 4.69) is 5.16 Å². The third-order valence-electron chi connectivity index (χ3n) is 6.20. The summed E-state index contributed by atoms with van der Waals surface area (Å²) in [7, 11) is 0. The molecule has 33 heavy (non-hydrogen) atoms. The fraction of sp³-hybridized carbons (Fsp3) is 0.409. The molecule has 11 heteroatoms. The molecule has 1 aromatic heterocycles. The van der Waals surface area contributed by atoms with Gasteiger partial charge in [-0.1, -0.05) is 6.08 Å². The molecule has 0 spiro atoms. The number of anilines is 1. The molecule has 3 aliphatic heterocycles. The molecule has 174 valence electrons. The monoisotopic (exact) mass is 459 g/mol. The minimum Gasteiger partial charge on any atom is -0.471 e. The van der Waals surface area contributed by atoms with Crippen LogP contribution in [0.5, 0.6) is 5.88 Å². The number of amides is 2. The maximum atomic E-state index is 15.1. The van der Waals surface area contributed by atoms with Gasteiger partial charge >= 0.3 is 6.09 Å². The van der Waals surface area contributed by atoms with Gasteiger partial charge in [0, 0.05) is 24.7 Å². The number of carbonyl (C=O) groups is 2. The van der Waals surface area contributed by atoms with E-state index < -0.39 is 36.6 Å². The zero-order valence-corrected chi connectivity index (χ0v) is 17.5. The third-order valence-corrected chi connectivity index (χ3v) is 6.20. The number of aliphatic hydroxyl groups is 2. The first-order valence-electron chi connectivity index (χ1n) is 10.6. The molecule has 0 bridgehead atoms. The molecule has 1 unspecified atom stereocenters. The Hall–Kier alpha value is -3.44. The predicted molar refractivity (Wildman–Crippen MR) is 111 cm³/mol. The number of hydrogen-bond acceptors (Lipinski definition) is 8. The van der Waals surface area contributed by atoms with Crippen molar-refractivity contribution in [3.05, 3.63) is 47.5 Å². The van der Waals surface area contributed by atoms with Crippen molar-refractivity contribution < 1.29 is 38.2 Å². The van der Waals surface area contributed by atoms with Gasteiger partial charge in [-0.25, -0.2) is 9.18 Å². The van der Waals surface area contributed by atoms with E-state index >= 15 is 4.39 Å². The molecule has 3 atom stereocenters. The standard InChI is InChI=1S/C22H22FN3O7/c23-15-9-16-13(7-14(15)12-1-4-25(5-2-12)21(29)18(28)10-27)8-17-19(33-22(30)26(16)17)11-31-20-3-6-32-24-20/h1,3,6-7,9,17-19,27-28H,2,4-5,8,10-11H2/t17-,18?,19-/m0/s1. The number of hydrogen-bond donors (Lipinski definition) is 2. The zero-order valence-electron chi connectivity index (χ0n) is 17.5. The average Bonchev–Trinajstić information content (AvgIpc) is 3.54. The maximum Gasteiger partial charge on any atom is 0.415 e. The van der Waals surface area contributed by atoms with Crippen LogP contribution in [0.15, 0.2) is 35.1 Å². The van der Waals surface area contributed by atoms with Crippen LogP contribution in [0.2, 0.25) is 0 Å². The summed E-state index contributed by atoms with van der Waals surface area (Å²) in [5.41, 5.74) is 2.48. The maximum absolute atomic E-state index is 15.1. The summed E-state index contributed by atoms with van der Waals surface area (Å²) >= 11 is 0. The van der Waals surface area contributed by atoms with Gasteiger partial charge in [-0.3, -0.25) is 9.69 Å². The quantitative estimate of drug-likeness (QED) is 0.658. The molecular formula is C22H22FN3O7. The fourth-order valence-electron chi connectivity index (χ4n) is 4.52. The van der Waals surface area contributed by atoms with Gasteiger partial charge in [-0.05, 0) is 41.3 Å². The van der Waals surface area contributed by atoms with E-state index in [4.69, 9.17) is 19.1 Å². The highest BCUT2D eigenvalue weighted by Gasteiger charge is 2.48. The van der Waals surface area contributed by atoms with E-state index in [1.54, 1.807) is 18.2 Å². The Bertz CT molecular complexity index is 1100. The van der Waals surface area contributed by atoms with Crippen molar-refractivity contribution in [2.45, 2.75) is 31.1 Å². The Kier molecular flexibility index (Phi) is 5.51. The second-order valence-electron chi connectivity index (χ2n) is 8.14. The largest absolute Gasteiger partial charge is 0.471 e. The van der Waals surface area contributed by atoms with Crippen molar-refractivity contribution in [2.24, 2.45) is 0 Å². The summed E-state index contributed by atoms with van der Waals surface area (Å²) in [4.78, 5) is 27.4. The van der Waals surface area contributed by atoms with Crippen LogP contribution < -0.4 is 9.64 Å². The second-order valence-corrected chi connectivity index (χ2v) is 8.14. The molecule has 0 saturated carbocycles. The summed E-state index contributed by atoms with van der Waals surface area (Å²) in [6.07, 6.45) is 1.47. The molecule has 5 rings (SSSR count). The molecule has 2 N–H and O–H groups in total. The minimum atomic E-state index is -1.45. The van der Waals surface area contributed by atoms with Crippen molar-refractivity contribution >= 4 is 23.3 Å². The van der Waals surface area contributed by atoms with Crippen LogP contribution in [0.3, 0.4) is 0 Å². The lowest BCUT2D eigenvalue weighted by Crippen LogP contribution is -2.42. The molecule has 3 aliphatic rings. The number of halogens is 1. The Labute approximate surface area is 187 Å². The van der Waals surface area contributed by atoms with E-state index in [0.29, 0.717) is 30.6 Å². The van der Waals surface area contributed by atoms with Gasteiger partial charge < -0.3 is 29.1 Å². The first kappa shape index (κ1) is 21.4. The Morgan fingerprint density at radius 1 is 1.39 bits per heavy atom. The molecule has 1 saturated heterocycles. The highest BCUT2D eigenvalue weighted by molar-refractivity contribution is 5.94. The number of rotatable bonds is 6. The van der Waals surface area contributed by atoms with Crippen LogP contribution >= 0.6 is 0 Å². The molecule has 10 nitrogen and oxygen atoms in total. The molecule has 0 radical (unpaired) electrons. The predicted octanol–water partition coefficient (Wildman–Crippen LogP) is 1.11. The molecule has 1 aromatic carbocycles. The number of carbonyl (C=O) groups excluding carboxylic acids is 2. The summed E-state index contributed by atoms with van der Waals surface area (Å²) in [5.74, 6) is -0.734. The van der Waals surface area contributed by atoms with Crippen LogP contribution in [-0.4, -0.2) is 76.8 Å². The number of benzene rings is 1. The Morgan fingerprint density at radius 2 is 2.24 bits per heavy atom. The number of aromatic nitrogens is 1. The SMILES string of the molecule is O=C(C(O)CO)N1CC=C(c2cc3c(cc2F)N2C(=O)O[C@@H](COc4ccon4)[C@@H]2C3)CC1. The van der Waals surface area contributed by atoms with E-state index in [-0.39, 0.29) is 25.1 Å². The van der Waals surface area contributed by atoms with Crippen molar-refractivity contribution in [3.63, 3.8) is 0 Å². The summed E-state index contributed by atoms with van der Waals surface area (Å²) < 4.78 is 30.7. The molecule has 2 amide bonds. The van der Waals surface area contributed by atoms with E-state index in [9.17, 15) is 14.7 Å². The van der Waals surface area contributed by atoms with Crippen LogP contribution in [-0.2, 0) is 16.0 Å². The van der Waals surface area contributed by atoms with E-state index in [0.717, 1.165) is 11.1 Å². The van der Waals surface area contributed by atoms with Gasteiger partial charge in [0.15, 0.2) is 12.2 Å². The summed E-state index contributed by atoms with van der Waals surface area (Å²) in [6.45, 7) is -0.0291. The molecule has 2 aromatic rings. The smallest absolute Gasteiger partial charge is 0.415 e. The highest BCUT2D eigenvalue weighted by atomic mass is 19.1. The van der Waals surface area contributed by atoms with Gasteiger partial charge in [0.1, 0.15) is 18.7 Å². The fourth-order valence-corrected chi connectivity index (χ4v) is 4.52. The number of cyclic esters (lactones) is 1. The summed E-state index contributed by atoms with van der Waals surface area (Å²) in [6, 6.07) is 4.33. The Morgan fingerprint density at radius 3 is 2.94 bits per heavy atom. The van der Waals surface area contributed by atoms with Crippen molar-refractivity contribution in [1.82, 2.24) is 10.1 Å². The van der Waals surface area contributed by atoms with Gasteiger partial charge in [0.25, 0.3) is 11.8 Å². The van der Waals surface area contributed by atoms with E-state index in [1.165, 1.54) is 22.1 Å². The van der Waals surface area contributed by atoms with Gasteiger partial charge in [0.2, 0.25) is 0 Å². The van der Waals surface area contributed by atoms with Gasteiger partial charge in [0.05, 0.1) is 18.3 Å². The van der Waals surface area contributed by atoms with Crippen molar-refractivity contribution in [1.29, 1.82) is 0 Å². The van der Waals surface area contributed by atoms with Crippen LogP contribution in [0.1, 0.15) is 17.5 Å². The average molecular weight is 459 g/mol. The van der Waals surface area contributed by atoms with E-state index in [1.807, 2.05) is 0 Å². The second kappa shape index (κ2) is 8.49. The number of fused-ring (bicyclic) bond motifs is 3. The lowest BCUT2D eigenvalue weighted by Gasteiger charge is -2.28. The number of ether oxygens (including phenoxy) is 2.